The fourth-order valence-electron chi connectivity index (χ4n) is 1.74. The van der Waals surface area contributed by atoms with Gasteiger partial charge in [0.2, 0.25) is 0 Å². The van der Waals surface area contributed by atoms with E-state index in [9.17, 15) is 4.79 Å². The highest BCUT2D eigenvalue weighted by Crippen LogP contribution is 2.07. The molecule has 0 saturated heterocycles. The molecular weight excluding hydrogens is 256 g/mol. The van der Waals surface area contributed by atoms with Crippen LogP contribution < -0.4 is 10.6 Å². The zero-order valence-corrected chi connectivity index (χ0v) is 11.4. The molecule has 0 radical (unpaired) electrons. The fourth-order valence-corrected chi connectivity index (χ4v) is 1.74. The van der Waals surface area contributed by atoms with E-state index in [4.69, 9.17) is 0 Å². The Labute approximate surface area is 117 Å². The Morgan fingerprint density at radius 1 is 1.25 bits per heavy atom. The number of benzene rings is 1. The molecular formula is C13H18N6O. The Hall–Kier alpha value is -2.28. The van der Waals surface area contributed by atoms with E-state index in [1.807, 2.05) is 12.1 Å². The third-order valence-electron chi connectivity index (χ3n) is 2.81. The van der Waals surface area contributed by atoms with Gasteiger partial charge in [0.25, 0.3) is 5.91 Å². The predicted molar refractivity (Wildman–Crippen MR) is 74.6 cm³/mol. The number of rotatable bonds is 7. The summed E-state index contributed by atoms with van der Waals surface area (Å²) >= 11 is 0. The van der Waals surface area contributed by atoms with Gasteiger partial charge >= 0.3 is 0 Å². The van der Waals surface area contributed by atoms with Crippen LogP contribution in [-0.2, 0) is 0 Å². The summed E-state index contributed by atoms with van der Waals surface area (Å²) in [5, 5.41) is 17.0. The minimum absolute atomic E-state index is 0.0650. The first-order chi connectivity index (χ1) is 9.81. The highest BCUT2D eigenvalue weighted by atomic mass is 16.1. The van der Waals surface area contributed by atoms with E-state index < -0.39 is 0 Å². The lowest BCUT2D eigenvalue weighted by atomic mass is 10.2. The minimum atomic E-state index is -0.0650. The summed E-state index contributed by atoms with van der Waals surface area (Å²) in [7, 11) is 0. The quantitative estimate of drug-likeness (QED) is 0.714. The van der Waals surface area contributed by atoms with Crippen molar-refractivity contribution in [2.75, 3.05) is 19.6 Å². The Morgan fingerprint density at radius 3 is 2.70 bits per heavy atom. The van der Waals surface area contributed by atoms with Crippen LogP contribution in [0.1, 0.15) is 23.7 Å². The molecule has 0 aliphatic heterocycles. The number of aromatic nitrogens is 4. The van der Waals surface area contributed by atoms with E-state index in [1.54, 1.807) is 12.1 Å². The van der Waals surface area contributed by atoms with Gasteiger partial charge in [0.05, 0.1) is 5.69 Å². The van der Waals surface area contributed by atoms with Crippen LogP contribution in [0.3, 0.4) is 0 Å². The van der Waals surface area contributed by atoms with Gasteiger partial charge in [-0.2, -0.15) is 0 Å². The first kappa shape index (κ1) is 14.1. The van der Waals surface area contributed by atoms with Gasteiger partial charge in [0.15, 0.2) is 0 Å². The molecule has 1 amide bonds. The molecule has 2 rings (SSSR count). The van der Waals surface area contributed by atoms with E-state index in [1.165, 1.54) is 11.0 Å². The number of hydrogen-bond donors (Lipinski definition) is 2. The number of amides is 1. The molecule has 7 heteroatoms. The standard InChI is InChI=1S/C13H18N6O/c1-2-14-8-3-9-15-13(20)11-4-6-12(7-5-11)19-10-16-17-18-19/h4-7,10,14H,2-3,8-9H2,1H3,(H,15,20). The van der Waals surface area contributed by atoms with Gasteiger partial charge in [0.1, 0.15) is 6.33 Å². The summed E-state index contributed by atoms with van der Waals surface area (Å²) in [5.74, 6) is -0.0650. The minimum Gasteiger partial charge on any atom is -0.352 e. The van der Waals surface area contributed by atoms with Crippen molar-refractivity contribution in [2.45, 2.75) is 13.3 Å². The van der Waals surface area contributed by atoms with Gasteiger partial charge < -0.3 is 10.6 Å². The summed E-state index contributed by atoms with van der Waals surface area (Å²) in [6.45, 7) is 4.59. The lowest BCUT2D eigenvalue weighted by Gasteiger charge is -2.06. The Kier molecular flexibility index (Phi) is 5.19. The Balaban J connectivity index is 1.85. The molecule has 2 aromatic rings. The van der Waals surface area contributed by atoms with Crippen molar-refractivity contribution < 1.29 is 4.79 Å². The normalized spacial score (nSPS) is 10.4. The fraction of sp³-hybridized carbons (Fsp3) is 0.385. The van der Waals surface area contributed by atoms with Crippen LogP contribution in [0, 0.1) is 0 Å². The van der Waals surface area contributed by atoms with Gasteiger partial charge in [-0.05, 0) is 54.2 Å². The third kappa shape index (κ3) is 3.86. The molecule has 0 spiro atoms. The highest BCUT2D eigenvalue weighted by Gasteiger charge is 2.05. The maximum atomic E-state index is 11.9. The largest absolute Gasteiger partial charge is 0.352 e. The molecule has 0 saturated carbocycles. The molecule has 2 N–H and O–H groups in total. The molecule has 0 bridgehead atoms. The predicted octanol–water partition coefficient (Wildman–Crippen LogP) is 0.392. The number of carbonyl (C=O) groups is 1. The van der Waals surface area contributed by atoms with Crippen molar-refractivity contribution in [1.29, 1.82) is 0 Å². The third-order valence-corrected chi connectivity index (χ3v) is 2.81. The summed E-state index contributed by atoms with van der Waals surface area (Å²) in [5.41, 5.74) is 1.45. The van der Waals surface area contributed by atoms with Crippen LogP contribution in [-0.4, -0.2) is 45.7 Å². The molecule has 1 aromatic carbocycles. The number of hydrogen-bond acceptors (Lipinski definition) is 5. The molecule has 20 heavy (non-hydrogen) atoms. The molecule has 7 nitrogen and oxygen atoms in total. The van der Waals surface area contributed by atoms with Crippen LogP contribution in [0.25, 0.3) is 5.69 Å². The van der Waals surface area contributed by atoms with Crippen LogP contribution in [0.5, 0.6) is 0 Å². The van der Waals surface area contributed by atoms with Gasteiger partial charge in [-0.15, -0.1) is 5.10 Å². The SMILES string of the molecule is CCNCCCNC(=O)c1ccc(-n2cnnn2)cc1. The average Bonchev–Trinajstić information content (AvgIpc) is 3.01. The average molecular weight is 274 g/mol. The van der Waals surface area contributed by atoms with Crippen molar-refractivity contribution in [3.63, 3.8) is 0 Å². The monoisotopic (exact) mass is 274 g/mol. The van der Waals surface area contributed by atoms with E-state index >= 15 is 0 Å². The maximum absolute atomic E-state index is 11.9. The first-order valence-corrected chi connectivity index (χ1v) is 6.63. The summed E-state index contributed by atoms with van der Waals surface area (Å²) in [4.78, 5) is 11.9. The van der Waals surface area contributed by atoms with E-state index in [-0.39, 0.29) is 5.91 Å². The Bertz CT molecular complexity index is 522. The molecule has 0 unspecified atom stereocenters. The molecule has 1 heterocycles. The first-order valence-electron chi connectivity index (χ1n) is 6.63. The summed E-state index contributed by atoms with van der Waals surface area (Å²) in [6.07, 6.45) is 2.43. The number of nitrogens with one attached hydrogen (secondary N) is 2. The van der Waals surface area contributed by atoms with E-state index in [2.05, 4.69) is 33.1 Å². The second kappa shape index (κ2) is 7.34. The lowest BCUT2D eigenvalue weighted by molar-refractivity contribution is 0.0953. The van der Waals surface area contributed by atoms with Crippen molar-refractivity contribution in [3.05, 3.63) is 36.2 Å². The Morgan fingerprint density at radius 2 is 2.05 bits per heavy atom. The highest BCUT2D eigenvalue weighted by molar-refractivity contribution is 5.94. The molecule has 106 valence electrons. The van der Waals surface area contributed by atoms with Crippen molar-refractivity contribution >= 4 is 5.91 Å². The number of tetrazole rings is 1. The van der Waals surface area contributed by atoms with E-state index in [0.717, 1.165) is 25.2 Å². The van der Waals surface area contributed by atoms with Crippen LogP contribution in [0.15, 0.2) is 30.6 Å². The maximum Gasteiger partial charge on any atom is 0.251 e. The topological polar surface area (TPSA) is 84.7 Å². The molecule has 0 atom stereocenters. The smallest absolute Gasteiger partial charge is 0.251 e. The van der Waals surface area contributed by atoms with E-state index in [0.29, 0.717) is 12.1 Å². The van der Waals surface area contributed by atoms with Crippen LogP contribution in [0.4, 0.5) is 0 Å². The van der Waals surface area contributed by atoms with Crippen molar-refractivity contribution in [2.24, 2.45) is 0 Å². The van der Waals surface area contributed by atoms with Crippen LogP contribution in [0.2, 0.25) is 0 Å². The second-order valence-electron chi connectivity index (χ2n) is 4.26. The second-order valence-corrected chi connectivity index (χ2v) is 4.26. The zero-order chi connectivity index (χ0) is 14.2. The van der Waals surface area contributed by atoms with Gasteiger partial charge in [-0.25, -0.2) is 4.68 Å². The van der Waals surface area contributed by atoms with Gasteiger partial charge in [-0.3, -0.25) is 4.79 Å². The number of nitrogens with zero attached hydrogens (tertiary/aromatic N) is 4. The molecule has 0 fully saturated rings. The van der Waals surface area contributed by atoms with Crippen molar-refractivity contribution in [1.82, 2.24) is 30.8 Å². The molecule has 0 aliphatic rings. The summed E-state index contributed by atoms with van der Waals surface area (Å²) < 4.78 is 1.54. The molecule has 0 aliphatic carbocycles. The lowest BCUT2D eigenvalue weighted by Crippen LogP contribution is -2.27. The van der Waals surface area contributed by atoms with Gasteiger partial charge in [-0.1, -0.05) is 6.92 Å². The number of carbonyl (C=O) groups excluding carboxylic acids is 1. The van der Waals surface area contributed by atoms with Gasteiger partial charge in [0, 0.05) is 12.1 Å². The van der Waals surface area contributed by atoms with Crippen LogP contribution >= 0.6 is 0 Å². The zero-order valence-electron chi connectivity index (χ0n) is 11.4. The molecule has 1 aromatic heterocycles. The summed E-state index contributed by atoms with van der Waals surface area (Å²) in [6, 6.07) is 7.14. The van der Waals surface area contributed by atoms with Crippen molar-refractivity contribution in [3.8, 4) is 5.69 Å².